The van der Waals surface area contributed by atoms with Crippen molar-refractivity contribution in [3.8, 4) is 5.75 Å². The molecule has 0 saturated carbocycles. The second-order valence-corrected chi connectivity index (χ2v) is 7.46. The lowest BCUT2D eigenvalue weighted by atomic mass is 10.3. The summed E-state index contributed by atoms with van der Waals surface area (Å²) in [6.45, 7) is -0.444. The van der Waals surface area contributed by atoms with Gasteiger partial charge >= 0.3 is 0 Å². The lowest BCUT2D eigenvalue weighted by Crippen LogP contribution is -2.37. The van der Waals surface area contributed by atoms with Crippen molar-refractivity contribution in [2.24, 2.45) is 0 Å². The van der Waals surface area contributed by atoms with Crippen molar-refractivity contribution in [2.45, 2.75) is 0 Å². The van der Waals surface area contributed by atoms with Crippen molar-refractivity contribution in [1.82, 2.24) is 0 Å². The Hall–Kier alpha value is -2.32. The topological polar surface area (TPSA) is 75.7 Å². The molecule has 1 N–H and O–H groups in total. The normalized spacial score (nSPS) is 11.0. The summed E-state index contributed by atoms with van der Waals surface area (Å²) in [7, 11) is -2.20. The van der Waals surface area contributed by atoms with Crippen LogP contribution in [0, 0.1) is 5.82 Å². The summed E-state index contributed by atoms with van der Waals surface area (Å²) in [6, 6.07) is 9.92. The minimum absolute atomic E-state index is 0.145. The fraction of sp³-hybridized carbons (Fsp3) is 0.188. The SMILES string of the molecule is COc1ccc(N(CC(=O)Nc2ccc(F)c(Cl)c2)S(C)(=O)=O)cc1. The molecular weight excluding hydrogens is 371 g/mol. The molecule has 2 aromatic rings. The smallest absolute Gasteiger partial charge is 0.245 e. The third kappa shape index (κ3) is 5.07. The number of ether oxygens (including phenoxy) is 1. The molecule has 0 aromatic heterocycles. The highest BCUT2D eigenvalue weighted by molar-refractivity contribution is 7.92. The number of hydrogen-bond acceptors (Lipinski definition) is 4. The molecule has 0 spiro atoms. The van der Waals surface area contributed by atoms with Gasteiger partial charge in [-0.2, -0.15) is 0 Å². The molecule has 6 nitrogen and oxygen atoms in total. The molecule has 0 heterocycles. The van der Waals surface area contributed by atoms with Crippen LogP contribution in [0.2, 0.25) is 5.02 Å². The highest BCUT2D eigenvalue weighted by atomic mass is 35.5. The predicted octanol–water partition coefficient (Wildman–Crippen LogP) is 2.89. The number of carbonyl (C=O) groups is 1. The second kappa shape index (κ2) is 7.71. The number of carbonyl (C=O) groups excluding carboxylic acids is 1. The molecule has 0 radical (unpaired) electrons. The van der Waals surface area contributed by atoms with Gasteiger partial charge in [0.1, 0.15) is 18.1 Å². The van der Waals surface area contributed by atoms with Crippen molar-refractivity contribution >= 4 is 38.9 Å². The molecule has 0 aliphatic carbocycles. The number of rotatable bonds is 6. The summed E-state index contributed by atoms with van der Waals surface area (Å²) in [5, 5.41) is 2.34. The molecule has 0 aliphatic heterocycles. The van der Waals surface area contributed by atoms with E-state index < -0.39 is 28.3 Å². The molecular formula is C16H16ClFN2O4S. The number of methoxy groups -OCH3 is 1. The molecule has 0 atom stereocenters. The van der Waals surface area contributed by atoms with Gasteiger partial charge in [-0.15, -0.1) is 0 Å². The molecule has 0 aliphatic rings. The highest BCUT2D eigenvalue weighted by Gasteiger charge is 2.21. The van der Waals surface area contributed by atoms with E-state index in [9.17, 15) is 17.6 Å². The maximum atomic E-state index is 13.1. The van der Waals surface area contributed by atoms with Crippen molar-refractivity contribution < 1.29 is 22.3 Å². The summed E-state index contributed by atoms with van der Waals surface area (Å²) in [4.78, 5) is 12.2. The van der Waals surface area contributed by atoms with Crippen molar-refractivity contribution in [2.75, 3.05) is 29.5 Å². The zero-order valence-electron chi connectivity index (χ0n) is 13.5. The first-order valence-corrected chi connectivity index (χ1v) is 9.30. The van der Waals surface area contributed by atoms with Gasteiger partial charge in [0.15, 0.2) is 0 Å². The number of amides is 1. The second-order valence-electron chi connectivity index (χ2n) is 5.14. The van der Waals surface area contributed by atoms with Crippen LogP contribution in [0.15, 0.2) is 42.5 Å². The number of sulfonamides is 1. The Labute approximate surface area is 150 Å². The lowest BCUT2D eigenvalue weighted by molar-refractivity contribution is -0.114. The summed E-state index contributed by atoms with van der Waals surface area (Å²) in [6.07, 6.45) is 0.999. The lowest BCUT2D eigenvalue weighted by Gasteiger charge is -2.22. The van der Waals surface area contributed by atoms with Crippen LogP contribution in [0.3, 0.4) is 0 Å². The summed E-state index contributed by atoms with van der Waals surface area (Å²) >= 11 is 5.66. The first-order chi connectivity index (χ1) is 11.7. The van der Waals surface area contributed by atoms with Crippen LogP contribution in [0.4, 0.5) is 15.8 Å². The Bertz CT molecular complexity index is 872. The molecule has 25 heavy (non-hydrogen) atoms. The van der Waals surface area contributed by atoms with E-state index in [1.54, 1.807) is 12.1 Å². The fourth-order valence-corrected chi connectivity index (χ4v) is 3.09. The molecule has 1 amide bonds. The van der Waals surface area contributed by atoms with Crippen LogP contribution in [-0.4, -0.2) is 34.2 Å². The zero-order valence-corrected chi connectivity index (χ0v) is 15.1. The van der Waals surface area contributed by atoms with Crippen molar-refractivity contribution in [1.29, 1.82) is 0 Å². The van der Waals surface area contributed by atoms with Gasteiger partial charge in [0, 0.05) is 5.69 Å². The number of nitrogens with zero attached hydrogens (tertiary/aromatic N) is 1. The molecule has 9 heteroatoms. The van der Waals surface area contributed by atoms with Crippen LogP contribution >= 0.6 is 11.6 Å². The fourth-order valence-electron chi connectivity index (χ4n) is 2.05. The van der Waals surface area contributed by atoms with Crippen LogP contribution in [0.1, 0.15) is 0 Å². The minimum Gasteiger partial charge on any atom is -0.497 e. The Balaban J connectivity index is 2.18. The van der Waals surface area contributed by atoms with Gasteiger partial charge in [0.25, 0.3) is 0 Å². The van der Waals surface area contributed by atoms with Gasteiger partial charge in [-0.1, -0.05) is 11.6 Å². The zero-order chi connectivity index (χ0) is 18.6. The Kier molecular flexibility index (Phi) is 5.86. The molecule has 0 unspecified atom stereocenters. The monoisotopic (exact) mass is 386 g/mol. The van der Waals surface area contributed by atoms with Gasteiger partial charge in [0.2, 0.25) is 15.9 Å². The first-order valence-electron chi connectivity index (χ1n) is 7.07. The summed E-state index contributed by atoms with van der Waals surface area (Å²) in [5.74, 6) is -0.651. The van der Waals surface area contributed by atoms with Gasteiger partial charge in [-0.3, -0.25) is 9.10 Å². The van der Waals surface area contributed by atoms with E-state index in [2.05, 4.69) is 5.32 Å². The van der Waals surface area contributed by atoms with Gasteiger partial charge in [-0.25, -0.2) is 12.8 Å². The predicted molar refractivity (Wildman–Crippen MR) is 95.2 cm³/mol. The molecule has 0 fully saturated rings. The number of hydrogen-bond donors (Lipinski definition) is 1. The first kappa shape index (κ1) is 19.0. The van der Waals surface area contributed by atoms with E-state index in [0.717, 1.165) is 16.6 Å². The average molecular weight is 387 g/mol. The largest absolute Gasteiger partial charge is 0.497 e. The van der Waals surface area contributed by atoms with Gasteiger partial charge < -0.3 is 10.1 Å². The standard InChI is InChI=1S/C16H16ClFN2O4S/c1-24-13-6-4-12(5-7-13)20(25(2,22)23)10-16(21)19-11-3-8-15(18)14(17)9-11/h3-9H,10H2,1-2H3,(H,19,21). The highest BCUT2D eigenvalue weighted by Crippen LogP contribution is 2.22. The third-order valence-corrected chi connectivity index (χ3v) is 4.68. The van der Waals surface area contributed by atoms with Crippen LogP contribution in [0.5, 0.6) is 5.75 Å². The van der Waals surface area contributed by atoms with Crippen LogP contribution in [-0.2, 0) is 14.8 Å². The Morgan fingerprint density at radius 1 is 1.24 bits per heavy atom. The number of anilines is 2. The van der Waals surface area contributed by atoms with E-state index in [-0.39, 0.29) is 10.7 Å². The van der Waals surface area contributed by atoms with Crippen LogP contribution < -0.4 is 14.4 Å². The minimum atomic E-state index is -3.69. The Morgan fingerprint density at radius 2 is 1.88 bits per heavy atom. The third-order valence-electron chi connectivity index (χ3n) is 3.25. The number of benzene rings is 2. The van der Waals surface area contributed by atoms with Crippen LogP contribution in [0.25, 0.3) is 0 Å². The molecule has 0 saturated heterocycles. The van der Waals surface area contributed by atoms with E-state index in [4.69, 9.17) is 16.3 Å². The number of halogens is 2. The van der Waals surface area contributed by atoms with Gasteiger partial charge in [-0.05, 0) is 42.5 Å². The molecule has 2 rings (SSSR count). The quantitative estimate of drug-likeness (QED) is 0.828. The van der Waals surface area contributed by atoms with E-state index in [1.165, 1.54) is 31.4 Å². The summed E-state index contributed by atoms with van der Waals surface area (Å²) < 4.78 is 43.2. The molecule has 134 valence electrons. The number of nitrogens with one attached hydrogen (secondary N) is 1. The Morgan fingerprint density at radius 3 is 2.40 bits per heavy atom. The maximum Gasteiger partial charge on any atom is 0.245 e. The average Bonchev–Trinajstić information content (AvgIpc) is 2.55. The van der Waals surface area contributed by atoms with E-state index in [1.807, 2.05) is 0 Å². The van der Waals surface area contributed by atoms with E-state index in [0.29, 0.717) is 11.4 Å². The van der Waals surface area contributed by atoms with Crippen molar-refractivity contribution in [3.63, 3.8) is 0 Å². The molecule has 2 aromatic carbocycles. The molecule has 0 bridgehead atoms. The van der Waals surface area contributed by atoms with Crippen molar-refractivity contribution in [3.05, 3.63) is 53.3 Å². The van der Waals surface area contributed by atoms with Gasteiger partial charge in [0.05, 0.1) is 24.1 Å². The van der Waals surface area contributed by atoms with E-state index >= 15 is 0 Å². The maximum absolute atomic E-state index is 13.1. The summed E-state index contributed by atoms with van der Waals surface area (Å²) in [5.41, 5.74) is 0.579.